The van der Waals surface area contributed by atoms with Gasteiger partial charge < -0.3 is 5.32 Å². The van der Waals surface area contributed by atoms with Crippen LogP contribution in [0.1, 0.15) is 27.3 Å². The lowest BCUT2D eigenvalue weighted by atomic mass is 10.1. The zero-order valence-corrected chi connectivity index (χ0v) is 13.0. The summed E-state index contributed by atoms with van der Waals surface area (Å²) in [6.45, 7) is 5.94. The first-order valence-corrected chi connectivity index (χ1v) is 7.15. The van der Waals surface area contributed by atoms with Gasteiger partial charge in [0.1, 0.15) is 5.82 Å². The average Bonchev–Trinajstić information content (AvgIpc) is 2.69. The Morgan fingerprint density at radius 2 is 2.10 bits per heavy atom. The number of nitrogens with zero attached hydrogens (tertiary/aromatic N) is 2. The number of alkyl halides is 1. The van der Waals surface area contributed by atoms with Gasteiger partial charge in [0.2, 0.25) is 0 Å². The van der Waals surface area contributed by atoms with Crippen molar-refractivity contribution in [3.8, 4) is 0 Å². The highest BCUT2D eigenvalue weighted by Gasteiger charge is 2.19. The van der Waals surface area contributed by atoms with Gasteiger partial charge in [0, 0.05) is 17.3 Å². The number of aryl methyl sites for hydroxylation is 3. The van der Waals surface area contributed by atoms with Crippen LogP contribution in [0.4, 0.5) is 10.1 Å². The molecule has 4 nitrogen and oxygen atoms in total. The number of benzene rings is 1. The quantitative estimate of drug-likeness (QED) is 0.879. The molecule has 0 saturated heterocycles. The van der Waals surface area contributed by atoms with Crippen LogP contribution in [0.5, 0.6) is 0 Å². The molecule has 0 fully saturated rings. The Labute approximate surface area is 127 Å². The maximum Gasteiger partial charge on any atom is 0.259 e. The zero-order chi connectivity index (χ0) is 15.6. The van der Waals surface area contributed by atoms with Crippen LogP contribution in [0, 0.1) is 26.6 Å². The van der Waals surface area contributed by atoms with Gasteiger partial charge in [0.15, 0.2) is 0 Å². The highest BCUT2D eigenvalue weighted by molar-refractivity contribution is 6.17. The van der Waals surface area contributed by atoms with Crippen molar-refractivity contribution in [2.75, 3.05) is 11.2 Å². The summed E-state index contributed by atoms with van der Waals surface area (Å²) in [5.41, 5.74) is 3.14. The minimum atomic E-state index is -0.387. The second kappa shape index (κ2) is 6.26. The molecule has 0 atom stereocenters. The number of aromatic nitrogens is 2. The Bertz CT molecular complexity index is 682. The second-order valence-electron chi connectivity index (χ2n) is 4.87. The normalized spacial score (nSPS) is 10.7. The van der Waals surface area contributed by atoms with Crippen LogP contribution in [-0.2, 0) is 6.54 Å². The number of halogens is 2. The predicted octanol–water partition coefficient (Wildman–Crippen LogP) is 3.44. The van der Waals surface area contributed by atoms with Gasteiger partial charge in [-0.05, 0) is 38.5 Å². The fourth-order valence-corrected chi connectivity index (χ4v) is 2.40. The molecule has 1 aromatic heterocycles. The van der Waals surface area contributed by atoms with Crippen LogP contribution in [-0.4, -0.2) is 21.6 Å². The summed E-state index contributed by atoms with van der Waals surface area (Å²) in [5, 5.41) is 7.04. The van der Waals surface area contributed by atoms with Crippen LogP contribution in [0.15, 0.2) is 18.2 Å². The van der Waals surface area contributed by atoms with Gasteiger partial charge in [-0.1, -0.05) is 6.07 Å². The number of hydrogen-bond acceptors (Lipinski definition) is 2. The van der Waals surface area contributed by atoms with Crippen molar-refractivity contribution in [2.24, 2.45) is 0 Å². The number of carbonyl (C=O) groups excluding carboxylic acids is 1. The van der Waals surface area contributed by atoms with Crippen molar-refractivity contribution in [3.05, 3.63) is 46.5 Å². The Balaban J connectivity index is 2.30. The third-order valence-corrected chi connectivity index (χ3v) is 3.52. The van der Waals surface area contributed by atoms with Crippen LogP contribution >= 0.6 is 11.6 Å². The summed E-state index contributed by atoms with van der Waals surface area (Å²) in [6, 6.07) is 4.29. The van der Waals surface area contributed by atoms with Gasteiger partial charge in [0.25, 0.3) is 5.91 Å². The van der Waals surface area contributed by atoms with Gasteiger partial charge in [-0.2, -0.15) is 5.10 Å². The zero-order valence-electron chi connectivity index (χ0n) is 12.2. The minimum Gasteiger partial charge on any atom is -0.322 e. The lowest BCUT2D eigenvalue weighted by Gasteiger charge is -2.09. The van der Waals surface area contributed by atoms with E-state index in [1.54, 1.807) is 17.7 Å². The molecule has 1 amide bonds. The van der Waals surface area contributed by atoms with E-state index in [-0.39, 0.29) is 11.7 Å². The molecule has 0 spiro atoms. The van der Waals surface area contributed by atoms with E-state index in [9.17, 15) is 9.18 Å². The Kier molecular flexibility index (Phi) is 4.63. The van der Waals surface area contributed by atoms with Crippen molar-refractivity contribution in [3.63, 3.8) is 0 Å². The third kappa shape index (κ3) is 3.24. The van der Waals surface area contributed by atoms with Crippen molar-refractivity contribution >= 4 is 23.2 Å². The smallest absolute Gasteiger partial charge is 0.259 e. The molecule has 1 aromatic carbocycles. The number of anilines is 1. The van der Waals surface area contributed by atoms with E-state index in [2.05, 4.69) is 10.4 Å². The maximum absolute atomic E-state index is 13.3. The molecule has 6 heteroatoms. The molecule has 1 N–H and O–H groups in total. The summed E-state index contributed by atoms with van der Waals surface area (Å²) < 4.78 is 15.0. The Morgan fingerprint density at radius 1 is 1.38 bits per heavy atom. The molecule has 2 aromatic rings. The van der Waals surface area contributed by atoms with Gasteiger partial charge in [-0.15, -0.1) is 11.6 Å². The Morgan fingerprint density at radius 3 is 2.76 bits per heavy atom. The summed E-state index contributed by atoms with van der Waals surface area (Å²) in [4.78, 5) is 12.4. The highest BCUT2D eigenvalue weighted by Crippen LogP contribution is 2.19. The fourth-order valence-electron chi connectivity index (χ4n) is 2.24. The molecular formula is C15H17ClFN3O. The third-order valence-electron chi connectivity index (χ3n) is 3.35. The maximum atomic E-state index is 13.3. The topological polar surface area (TPSA) is 46.9 Å². The van der Waals surface area contributed by atoms with Gasteiger partial charge >= 0.3 is 0 Å². The Hall–Kier alpha value is -1.88. The van der Waals surface area contributed by atoms with E-state index in [1.165, 1.54) is 12.1 Å². The van der Waals surface area contributed by atoms with E-state index in [1.807, 2.05) is 13.8 Å². The highest BCUT2D eigenvalue weighted by atomic mass is 35.5. The minimum absolute atomic E-state index is 0.292. The first kappa shape index (κ1) is 15.5. The van der Waals surface area contributed by atoms with Crippen molar-refractivity contribution in [1.82, 2.24) is 9.78 Å². The van der Waals surface area contributed by atoms with E-state index in [0.29, 0.717) is 29.4 Å². The SMILES string of the molecule is Cc1ccc(F)cc1NC(=O)c1c(C)nn(CCCl)c1C. The lowest BCUT2D eigenvalue weighted by Crippen LogP contribution is -2.15. The second-order valence-corrected chi connectivity index (χ2v) is 5.25. The van der Waals surface area contributed by atoms with Crippen LogP contribution in [0.3, 0.4) is 0 Å². The van der Waals surface area contributed by atoms with Crippen LogP contribution in [0.25, 0.3) is 0 Å². The van der Waals surface area contributed by atoms with Crippen LogP contribution < -0.4 is 5.32 Å². The summed E-state index contributed by atoms with van der Waals surface area (Å²) in [5.74, 6) is -0.256. The molecule has 2 rings (SSSR count). The largest absolute Gasteiger partial charge is 0.322 e. The molecule has 0 unspecified atom stereocenters. The van der Waals surface area contributed by atoms with E-state index in [0.717, 1.165) is 11.3 Å². The average molecular weight is 310 g/mol. The van der Waals surface area contributed by atoms with Gasteiger partial charge in [-0.3, -0.25) is 9.48 Å². The van der Waals surface area contributed by atoms with Crippen molar-refractivity contribution in [2.45, 2.75) is 27.3 Å². The molecule has 0 radical (unpaired) electrons. The summed E-state index contributed by atoms with van der Waals surface area (Å²) in [6.07, 6.45) is 0. The van der Waals surface area contributed by atoms with Crippen LogP contribution in [0.2, 0.25) is 0 Å². The number of amides is 1. The molecule has 0 bridgehead atoms. The number of carbonyl (C=O) groups is 1. The summed E-state index contributed by atoms with van der Waals surface area (Å²) in [7, 11) is 0. The lowest BCUT2D eigenvalue weighted by molar-refractivity contribution is 0.102. The number of hydrogen-bond donors (Lipinski definition) is 1. The van der Waals surface area contributed by atoms with Gasteiger partial charge in [-0.25, -0.2) is 4.39 Å². The fraction of sp³-hybridized carbons (Fsp3) is 0.333. The molecule has 0 aliphatic rings. The standard InChI is InChI=1S/C15H17ClFN3O/c1-9-4-5-12(17)8-13(9)18-15(21)14-10(2)19-20(7-6-16)11(14)3/h4-5,8H,6-7H2,1-3H3,(H,18,21). The monoisotopic (exact) mass is 309 g/mol. The van der Waals surface area contributed by atoms with Crippen molar-refractivity contribution in [1.29, 1.82) is 0 Å². The van der Waals surface area contributed by atoms with Crippen molar-refractivity contribution < 1.29 is 9.18 Å². The molecular weight excluding hydrogens is 293 g/mol. The van der Waals surface area contributed by atoms with E-state index < -0.39 is 0 Å². The number of rotatable bonds is 4. The predicted molar refractivity (Wildman–Crippen MR) is 81.5 cm³/mol. The van der Waals surface area contributed by atoms with Gasteiger partial charge in [0.05, 0.1) is 17.8 Å². The van der Waals surface area contributed by atoms with E-state index >= 15 is 0 Å². The molecule has 112 valence electrons. The molecule has 0 aliphatic carbocycles. The molecule has 1 heterocycles. The molecule has 21 heavy (non-hydrogen) atoms. The number of nitrogens with one attached hydrogen (secondary N) is 1. The first-order valence-electron chi connectivity index (χ1n) is 6.61. The molecule has 0 aliphatic heterocycles. The van der Waals surface area contributed by atoms with E-state index in [4.69, 9.17) is 11.6 Å². The first-order chi connectivity index (χ1) is 9.93. The molecule has 0 saturated carbocycles. The summed E-state index contributed by atoms with van der Waals surface area (Å²) >= 11 is 5.71.